The molecule has 2 aromatic heterocycles. The van der Waals surface area contributed by atoms with E-state index >= 15 is 0 Å². The average Bonchev–Trinajstić information content (AvgIpc) is 3.05. The molecular weight excluding hydrogens is 404 g/mol. The molecule has 0 aliphatic heterocycles. The Morgan fingerprint density at radius 3 is 2.82 bits per heavy atom. The Bertz CT molecular complexity index is 1130. The molecule has 0 spiro atoms. The van der Waals surface area contributed by atoms with Gasteiger partial charge < -0.3 is 4.74 Å². The van der Waals surface area contributed by atoms with Gasteiger partial charge in [-0.2, -0.15) is 0 Å². The number of hydrogen-bond acceptors (Lipinski definition) is 6. The number of carbonyl (C=O) groups is 1. The van der Waals surface area contributed by atoms with E-state index in [0.29, 0.717) is 34.6 Å². The molecule has 0 saturated heterocycles. The molecule has 0 aliphatic rings. The number of H-pyrrole nitrogens is 1. The molecule has 3 aromatic rings. The third-order valence-corrected chi connectivity index (χ3v) is 5.83. The Morgan fingerprint density at radius 1 is 1.32 bits per heavy atom. The van der Waals surface area contributed by atoms with Crippen LogP contribution in [0.4, 0.5) is 5.69 Å². The van der Waals surface area contributed by atoms with Crippen LogP contribution in [0.25, 0.3) is 11.0 Å². The fourth-order valence-corrected chi connectivity index (χ4v) is 4.11. The SMILES string of the molecule is CCCS(=O)(=O)Nc1ccc(Cl)c(C(=O)Cc2cnc3[nH]nc(OC)c3c2)c1. The molecule has 28 heavy (non-hydrogen) atoms. The number of aromatic nitrogens is 3. The monoisotopic (exact) mass is 422 g/mol. The van der Waals surface area contributed by atoms with Crippen LogP contribution in [0.1, 0.15) is 29.3 Å². The van der Waals surface area contributed by atoms with Crippen molar-refractivity contribution in [2.45, 2.75) is 19.8 Å². The van der Waals surface area contributed by atoms with E-state index in [1.807, 2.05) is 0 Å². The Labute approximate surface area is 167 Å². The minimum atomic E-state index is -3.46. The van der Waals surface area contributed by atoms with E-state index in [-0.39, 0.29) is 28.5 Å². The van der Waals surface area contributed by atoms with Gasteiger partial charge in [0.05, 0.1) is 23.3 Å². The summed E-state index contributed by atoms with van der Waals surface area (Å²) in [4.78, 5) is 17.0. The van der Waals surface area contributed by atoms with E-state index < -0.39 is 10.0 Å². The Kier molecular flexibility index (Phi) is 5.85. The van der Waals surface area contributed by atoms with Crippen LogP contribution in [-0.2, 0) is 16.4 Å². The predicted molar refractivity (Wildman–Crippen MR) is 108 cm³/mol. The lowest BCUT2D eigenvalue weighted by molar-refractivity contribution is 0.0993. The summed E-state index contributed by atoms with van der Waals surface area (Å²) in [5, 5.41) is 7.64. The number of ether oxygens (including phenoxy) is 1. The predicted octanol–water partition coefficient (Wildman–Crippen LogP) is 3.20. The summed E-state index contributed by atoms with van der Waals surface area (Å²) in [5.41, 5.74) is 1.74. The number of hydrogen-bond donors (Lipinski definition) is 2. The molecular formula is C18H19ClN4O4S. The number of carbonyl (C=O) groups excluding carboxylic acids is 1. The van der Waals surface area contributed by atoms with Crippen molar-refractivity contribution < 1.29 is 17.9 Å². The number of aromatic amines is 1. The number of sulfonamides is 1. The van der Waals surface area contributed by atoms with E-state index in [9.17, 15) is 13.2 Å². The summed E-state index contributed by atoms with van der Waals surface area (Å²) in [6.07, 6.45) is 2.10. The maximum atomic E-state index is 12.8. The number of rotatable bonds is 8. The second-order valence-electron chi connectivity index (χ2n) is 6.19. The molecule has 1 aromatic carbocycles. The van der Waals surface area contributed by atoms with E-state index in [1.54, 1.807) is 19.2 Å². The molecule has 0 unspecified atom stereocenters. The van der Waals surface area contributed by atoms with Gasteiger partial charge in [0.2, 0.25) is 15.9 Å². The van der Waals surface area contributed by atoms with E-state index in [1.165, 1.54) is 25.3 Å². The number of anilines is 1. The number of halogens is 1. The highest BCUT2D eigenvalue weighted by atomic mass is 35.5. The minimum absolute atomic E-state index is 0.00285. The van der Waals surface area contributed by atoms with Gasteiger partial charge in [0.1, 0.15) is 0 Å². The zero-order chi connectivity index (χ0) is 20.3. The molecule has 0 atom stereocenters. The van der Waals surface area contributed by atoms with E-state index in [0.717, 1.165) is 0 Å². The van der Waals surface area contributed by atoms with Gasteiger partial charge in [-0.3, -0.25) is 14.6 Å². The average molecular weight is 423 g/mol. The highest BCUT2D eigenvalue weighted by Gasteiger charge is 2.16. The number of Topliss-reactive ketones (excluding diaryl/α,β-unsaturated/α-hetero) is 1. The zero-order valence-electron chi connectivity index (χ0n) is 15.3. The van der Waals surface area contributed by atoms with Crippen molar-refractivity contribution in [3.8, 4) is 5.88 Å². The van der Waals surface area contributed by atoms with Crippen LogP contribution in [0.5, 0.6) is 5.88 Å². The number of benzene rings is 1. The number of methoxy groups -OCH3 is 1. The smallest absolute Gasteiger partial charge is 0.241 e. The summed E-state index contributed by atoms with van der Waals surface area (Å²) >= 11 is 6.17. The molecule has 0 aliphatic carbocycles. The number of fused-ring (bicyclic) bond motifs is 1. The van der Waals surface area contributed by atoms with Crippen LogP contribution in [0.3, 0.4) is 0 Å². The highest BCUT2D eigenvalue weighted by Crippen LogP contribution is 2.25. The van der Waals surface area contributed by atoms with Crippen molar-refractivity contribution in [1.82, 2.24) is 15.2 Å². The van der Waals surface area contributed by atoms with Gasteiger partial charge in [0, 0.05) is 23.9 Å². The lowest BCUT2D eigenvalue weighted by Gasteiger charge is -2.10. The molecule has 148 valence electrons. The standard InChI is InChI=1S/C18H19ClN4O4S/c1-3-6-28(25,26)23-12-4-5-15(19)13(9-12)16(24)8-11-7-14-17(20-10-11)21-22-18(14)27-2/h4-5,7,9-10,23H,3,6,8H2,1-2H3,(H,20,21,22). The first kappa shape index (κ1) is 20.1. The van der Waals surface area contributed by atoms with Crippen molar-refractivity contribution in [2.75, 3.05) is 17.6 Å². The maximum absolute atomic E-state index is 12.8. The second-order valence-corrected chi connectivity index (χ2v) is 8.44. The Hall–Kier alpha value is -2.65. The molecule has 0 saturated carbocycles. The number of ketones is 1. The zero-order valence-corrected chi connectivity index (χ0v) is 16.9. The molecule has 0 bridgehead atoms. The van der Waals surface area contributed by atoms with E-state index in [2.05, 4.69) is 19.9 Å². The van der Waals surface area contributed by atoms with Gasteiger partial charge in [-0.25, -0.2) is 13.4 Å². The summed E-state index contributed by atoms with van der Waals surface area (Å²) in [5.74, 6) is 0.129. The molecule has 8 nitrogen and oxygen atoms in total. The molecule has 0 radical (unpaired) electrons. The van der Waals surface area contributed by atoms with Gasteiger partial charge in [-0.05, 0) is 36.2 Å². The third kappa shape index (κ3) is 4.42. The number of pyridine rings is 1. The molecule has 0 fully saturated rings. The summed E-state index contributed by atoms with van der Waals surface area (Å²) in [7, 11) is -1.96. The van der Waals surface area contributed by atoms with Crippen molar-refractivity contribution in [3.05, 3.63) is 46.6 Å². The van der Waals surface area contributed by atoms with Crippen LogP contribution in [0, 0.1) is 0 Å². The first-order chi connectivity index (χ1) is 13.3. The fourth-order valence-electron chi connectivity index (χ4n) is 2.76. The second kappa shape index (κ2) is 8.15. The topological polar surface area (TPSA) is 114 Å². The normalized spacial score (nSPS) is 11.5. The Balaban J connectivity index is 1.85. The summed E-state index contributed by atoms with van der Waals surface area (Å²) in [6.45, 7) is 1.77. The quantitative estimate of drug-likeness (QED) is 0.539. The van der Waals surface area contributed by atoms with Gasteiger partial charge in [-0.15, -0.1) is 5.10 Å². The summed E-state index contributed by atoms with van der Waals surface area (Å²) in [6, 6.07) is 6.24. The van der Waals surface area contributed by atoms with Crippen LogP contribution in [0.2, 0.25) is 5.02 Å². The van der Waals surface area contributed by atoms with Crippen molar-refractivity contribution in [1.29, 1.82) is 0 Å². The van der Waals surface area contributed by atoms with Crippen molar-refractivity contribution in [3.63, 3.8) is 0 Å². The molecule has 2 N–H and O–H groups in total. The maximum Gasteiger partial charge on any atom is 0.241 e. The number of nitrogens with zero attached hydrogens (tertiary/aromatic N) is 2. The van der Waals surface area contributed by atoms with Crippen LogP contribution in [0.15, 0.2) is 30.5 Å². The van der Waals surface area contributed by atoms with Crippen molar-refractivity contribution in [2.24, 2.45) is 0 Å². The van der Waals surface area contributed by atoms with Crippen LogP contribution in [-0.4, -0.2) is 42.2 Å². The lowest BCUT2D eigenvalue weighted by Crippen LogP contribution is -2.16. The summed E-state index contributed by atoms with van der Waals surface area (Å²) < 4.78 is 31.5. The van der Waals surface area contributed by atoms with Crippen molar-refractivity contribution >= 4 is 44.1 Å². The molecule has 2 heterocycles. The van der Waals surface area contributed by atoms with Gasteiger partial charge in [-0.1, -0.05) is 18.5 Å². The van der Waals surface area contributed by atoms with Crippen LogP contribution >= 0.6 is 11.6 Å². The molecule has 0 amide bonds. The first-order valence-corrected chi connectivity index (χ1v) is 10.6. The molecule has 10 heteroatoms. The first-order valence-electron chi connectivity index (χ1n) is 8.53. The van der Waals surface area contributed by atoms with Gasteiger partial charge in [0.25, 0.3) is 0 Å². The highest BCUT2D eigenvalue weighted by molar-refractivity contribution is 7.92. The largest absolute Gasteiger partial charge is 0.479 e. The van der Waals surface area contributed by atoms with Gasteiger partial charge in [0.15, 0.2) is 11.4 Å². The Morgan fingerprint density at radius 2 is 2.11 bits per heavy atom. The number of nitrogens with one attached hydrogen (secondary N) is 2. The van der Waals surface area contributed by atoms with Gasteiger partial charge >= 0.3 is 0 Å². The fraction of sp³-hybridized carbons (Fsp3) is 0.278. The minimum Gasteiger partial charge on any atom is -0.479 e. The molecule has 3 rings (SSSR count). The third-order valence-electron chi connectivity index (χ3n) is 4.01. The van der Waals surface area contributed by atoms with Crippen LogP contribution < -0.4 is 9.46 Å². The van der Waals surface area contributed by atoms with E-state index in [4.69, 9.17) is 16.3 Å². The lowest BCUT2D eigenvalue weighted by atomic mass is 10.0.